The van der Waals surface area contributed by atoms with Crippen LogP contribution in [-0.4, -0.2) is 17.0 Å². The molecule has 6 nitrogen and oxygen atoms in total. The normalized spacial score (nSPS) is 9.95. The zero-order valence-electron chi connectivity index (χ0n) is 10.1. The van der Waals surface area contributed by atoms with Gasteiger partial charge in [-0.15, -0.1) is 0 Å². The molecule has 0 unspecified atom stereocenters. The minimum atomic E-state index is -0.850. The molecule has 104 valence electrons. The predicted molar refractivity (Wildman–Crippen MR) is 68.7 cm³/mol. The number of rotatable bonds is 8. The molecule has 19 heavy (non-hydrogen) atoms. The van der Waals surface area contributed by atoms with Crippen molar-refractivity contribution in [2.45, 2.75) is 25.7 Å². The van der Waals surface area contributed by atoms with Crippen molar-refractivity contribution < 1.29 is 24.0 Å². The number of hydrogen-bond acceptors (Lipinski definition) is 4. The summed E-state index contributed by atoms with van der Waals surface area (Å²) in [6, 6.07) is 6.45. The topological polar surface area (TPSA) is 84.9 Å². The minimum absolute atomic E-state index is 0.0811. The van der Waals surface area contributed by atoms with Crippen LogP contribution in [0.2, 0.25) is 0 Å². The number of carboxylic acids is 1. The maximum atomic E-state index is 11.5. The molecule has 0 aliphatic heterocycles. The molecule has 0 radical (unpaired) electrons. The molecule has 0 aromatic heterocycles. The van der Waals surface area contributed by atoms with Crippen LogP contribution in [0, 0.1) is 0 Å². The van der Waals surface area contributed by atoms with Gasteiger partial charge in [-0.2, -0.15) is 0 Å². The SMILES string of the molecule is O=C(O)CCCCC(=O)Nc1ccc(OOCl)cc1. The zero-order chi connectivity index (χ0) is 14.1. The Labute approximate surface area is 115 Å². The van der Waals surface area contributed by atoms with Crippen LogP contribution >= 0.6 is 11.9 Å². The Morgan fingerprint density at radius 2 is 1.79 bits per heavy atom. The second-order valence-corrected chi connectivity index (χ2v) is 3.95. The lowest BCUT2D eigenvalue weighted by molar-refractivity contribution is -0.137. The average Bonchev–Trinajstić information content (AvgIpc) is 2.37. The van der Waals surface area contributed by atoms with Gasteiger partial charge in [0.1, 0.15) is 11.9 Å². The Morgan fingerprint density at radius 1 is 1.16 bits per heavy atom. The van der Waals surface area contributed by atoms with Crippen LogP contribution in [0.3, 0.4) is 0 Å². The van der Waals surface area contributed by atoms with Crippen LogP contribution in [0.1, 0.15) is 25.7 Å². The number of nitrogens with one attached hydrogen (secondary N) is 1. The van der Waals surface area contributed by atoms with E-state index in [0.29, 0.717) is 24.3 Å². The highest BCUT2D eigenvalue weighted by Gasteiger charge is 2.04. The van der Waals surface area contributed by atoms with Gasteiger partial charge >= 0.3 is 5.97 Å². The van der Waals surface area contributed by atoms with Crippen LogP contribution in [-0.2, 0) is 14.0 Å². The minimum Gasteiger partial charge on any atom is -0.481 e. The van der Waals surface area contributed by atoms with Gasteiger partial charge in [-0.25, -0.2) is 0 Å². The van der Waals surface area contributed by atoms with Crippen molar-refractivity contribution in [1.29, 1.82) is 0 Å². The van der Waals surface area contributed by atoms with Gasteiger partial charge in [-0.3, -0.25) is 9.59 Å². The van der Waals surface area contributed by atoms with Crippen LogP contribution in [0.25, 0.3) is 0 Å². The Bertz CT molecular complexity index is 421. The highest BCUT2D eigenvalue weighted by molar-refractivity contribution is 6.06. The molecule has 0 bridgehead atoms. The van der Waals surface area contributed by atoms with E-state index < -0.39 is 5.97 Å². The monoisotopic (exact) mass is 287 g/mol. The number of halogens is 1. The highest BCUT2D eigenvalue weighted by atomic mass is 35.5. The number of carbonyl (C=O) groups is 2. The molecule has 1 aromatic rings. The second kappa shape index (κ2) is 8.34. The third kappa shape index (κ3) is 6.64. The van der Waals surface area contributed by atoms with Crippen molar-refractivity contribution >= 4 is 29.4 Å². The number of hydrogen-bond donors (Lipinski definition) is 2. The Morgan fingerprint density at radius 3 is 2.37 bits per heavy atom. The summed E-state index contributed by atoms with van der Waals surface area (Å²) in [5.41, 5.74) is 0.616. The van der Waals surface area contributed by atoms with E-state index in [1.54, 1.807) is 24.3 Å². The van der Waals surface area contributed by atoms with E-state index in [-0.39, 0.29) is 18.7 Å². The van der Waals surface area contributed by atoms with Gasteiger partial charge in [0.2, 0.25) is 5.91 Å². The maximum absolute atomic E-state index is 11.5. The van der Waals surface area contributed by atoms with Crippen molar-refractivity contribution in [3.05, 3.63) is 24.3 Å². The summed E-state index contributed by atoms with van der Waals surface area (Å²) in [5, 5.41) is 11.1. The fourth-order valence-corrected chi connectivity index (χ4v) is 1.49. The standard InChI is InChI=1S/C12H14ClNO5/c13-19-18-10-7-5-9(6-8-10)14-11(15)3-1-2-4-12(16)17/h5-8H,1-4H2,(H,14,15)(H,16,17). The largest absolute Gasteiger partial charge is 0.481 e. The summed E-state index contributed by atoms with van der Waals surface area (Å²) < 4.78 is 3.97. The van der Waals surface area contributed by atoms with E-state index in [2.05, 4.69) is 14.6 Å². The van der Waals surface area contributed by atoms with Gasteiger partial charge in [-0.05, 0) is 37.1 Å². The fourth-order valence-electron chi connectivity index (χ4n) is 1.42. The van der Waals surface area contributed by atoms with Gasteiger partial charge in [0.15, 0.2) is 5.75 Å². The summed E-state index contributed by atoms with van der Waals surface area (Å²) in [4.78, 5) is 26.4. The first-order chi connectivity index (χ1) is 9.11. The van der Waals surface area contributed by atoms with Crippen molar-refractivity contribution in [3.63, 3.8) is 0 Å². The average molecular weight is 288 g/mol. The van der Waals surface area contributed by atoms with E-state index >= 15 is 0 Å². The van der Waals surface area contributed by atoms with Gasteiger partial charge in [0.05, 0.1) is 0 Å². The molecular weight excluding hydrogens is 274 g/mol. The summed E-state index contributed by atoms with van der Waals surface area (Å²) >= 11 is 4.92. The smallest absolute Gasteiger partial charge is 0.303 e. The lowest BCUT2D eigenvalue weighted by Gasteiger charge is -2.05. The Balaban J connectivity index is 2.29. The molecular formula is C12H14ClNO5. The lowest BCUT2D eigenvalue weighted by atomic mass is 10.2. The van der Waals surface area contributed by atoms with E-state index in [0.717, 1.165) is 0 Å². The molecule has 0 saturated heterocycles. The number of anilines is 1. The summed E-state index contributed by atoms with van der Waals surface area (Å²) in [5.74, 6) is -0.598. The van der Waals surface area contributed by atoms with Crippen molar-refractivity contribution in [3.8, 4) is 5.75 Å². The quantitative estimate of drug-likeness (QED) is 0.436. The fraction of sp³-hybridized carbons (Fsp3) is 0.333. The summed E-state index contributed by atoms with van der Waals surface area (Å²) in [7, 11) is 0. The molecule has 0 heterocycles. The first kappa shape index (κ1) is 15.3. The van der Waals surface area contributed by atoms with Gasteiger partial charge < -0.3 is 15.3 Å². The number of amides is 1. The first-order valence-corrected chi connectivity index (χ1v) is 5.99. The molecule has 0 saturated carbocycles. The van der Waals surface area contributed by atoms with Gasteiger partial charge in [0, 0.05) is 18.5 Å². The Hall–Kier alpha value is -1.79. The molecule has 1 amide bonds. The molecule has 0 atom stereocenters. The van der Waals surface area contributed by atoms with Gasteiger partial charge in [0.25, 0.3) is 0 Å². The number of unbranched alkanes of at least 4 members (excludes halogenated alkanes) is 1. The highest BCUT2D eigenvalue weighted by Crippen LogP contribution is 2.16. The number of carbonyl (C=O) groups excluding carboxylic acids is 1. The summed E-state index contributed by atoms with van der Waals surface area (Å²) in [6.07, 6.45) is 1.40. The van der Waals surface area contributed by atoms with Crippen LogP contribution in [0.15, 0.2) is 24.3 Å². The first-order valence-electron chi connectivity index (χ1n) is 5.69. The van der Waals surface area contributed by atoms with Crippen molar-refractivity contribution in [2.24, 2.45) is 0 Å². The molecule has 0 fully saturated rings. The number of aliphatic carboxylic acids is 1. The number of carboxylic acid groups (broad SMARTS) is 1. The van der Waals surface area contributed by atoms with Crippen LogP contribution in [0.5, 0.6) is 5.75 Å². The van der Waals surface area contributed by atoms with Crippen molar-refractivity contribution in [2.75, 3.05) is 5.32 Å². The van der Waals surface area contributed by atoms with E-state index in [1.807, 2.05) is 0 Å². The maximum Gasteiger partial charge on any atom is 0.303 e. The van der Waals surface area contributed by atoms with Crippen LogP contribution in [0.4, 0.5) is 5.69 Å². The second-order valence-electron chi connectivity index (χ2n) is 3.82. The zero-order valence-corrected chi connectivity index (χ0v) is 10.9. The molecule has 2 N–H and O–H groups in total. The van der Waals surface area contributed by atoms with E-state index in [9.17, 15) is 9.59 Å². The third-order valence-electron chi connectivity index (χ3n) is 2.31. The molecule has 1 rings (SSSR count). The Kier molecular flexibility index (Phi) is 6.70. The molecule has 0 aliphatic carbocycles. The molecule has 1 aromatic carbocycles. The predicted octanol–water partition coefficient (Wildman–Crippen LogP) is 2.73. The third-order valence-corrected chi connectivity index (χ3v) is 2.37. The van der Waals surface area contributed by atoms with E-state index in [4.69, 9.17) is 17.0 Å². The lowest BCUT2D eigenvalue weighted by Crippen LogP contribution is -2.11. The molecule has 0 aliphatic rings. The van der Waals surface area contributed by atoms with Gasteiger partial charge in [-0.1, -0.05) is 4.44 Å². The summed E-state index contributed by atoms with van der Waals surface area (Å²) in [6.45, 7) is 0. The molecule has 0 spiro atoms. The van der Waals surface area contributed by atoms with Crippen LogP contribution < -0.4 is 10.2 Å². The molecule has 7 heteroatoms. The van der Waals surface area contributed by atoms with E-state index in [1.165, 1.54) is 0 Å². The number of benzene rings is 1. The van der Waals surface area contributed by atoms with Crippen molar-refractivity contribution in [1.82, 2.24) is 0 Å².